The number of likely N-dealkylation sites (N-methyl/N-ethyl adjacent to an activating group) is 1. The lowest BCUT2D eigenvalue weighted by molar-refractivity contribution is -0.384. The molecule has 0 radical (unpaired) electrons. The largest absolute Gasteiger partial charge is 0.573 e. The molecule has 0 unspecified atom stereocenters. The highest BCUT2D eigenvalue weighted by molar-refractivity contribution is 6.04. The topological polar surface area (TPSA) is 114 Å². The molecule has 0 spiro atoms. The van der Waals surface area contributed by atoms with Gasteiger partial charge in [0.2, 0.25) is 0 Å². The second kappa shape index (κ2) is 9.33. The number of carbonyl (C=O) groups excluding carboxylic acids is 1. The molecule has 174 valence electrons. The number of nitrogens with zero attached hydrogens (tertiary/aromatic N) is 2. The molecule has 33 heavy (non-hydrogen) atoms. The third-order valence-corrected chi connectivity index (χ3v) is 4.89. The fourth-order valence-electron chi connectivity index (χ4n) is 3.54. The van der Waals surface area contributed by atoms with E-state index in [9.17, 15) is 28.1 Å². The number of nitro benzene ring substituents is 1. The molecule has 1 heterocycles. The fourth-order valence-corrected chi connectivity index (χ4v) is 3.54. The van der Waals surface area contributed by atoms with E-state index < -0.39 is 22.9 Å². The van der Waals surface area contributed by atoms with E-state index in [0.717, 1.165) is 6.07 Å². The summed E-state index contributed by atoms with van der Waals surface area (Å²) in [7, 11) is 3.63. The smallest absolute Gasteiger partial charge is 0.406 e. The van der Waals surface area contributed by atoms with Gasteiger partial charge in [-0.2, -0.15) is 0 Å². The third kappa shape index (κ3) is 5.50. The monoisotopic (exact) mass is 462 g/mol. The normalized spacial score (nSPS) is 11.6. The number of nitrogens with one attached hydrogen (secondary N) is 1. The Labute approximate surface area is 186 Å². The number of para-hydroxylation sites is 1. The van der Waals surface area contributed by atoms with Gasteiger partial charge in [-0.1, -0.05) is 24.3 Å². The van der Waals surface area contributed by atoms with Crippen molar-refractivity contribution in [2.24, 2.45) is 5.73 Å². The maximum atomic E-state index is 12.7. The molecule has 1 amide bonds. The number of amides is 1. The lowest BCUT2D eigenvalue weighted by Gasteiger charge is -2.13. The zero-order valence-corrected chi connectivity index (χ0v) is 17.8. The standard InChI is InChI=1S/C22H21F3N4O4/c1-28(2)11-10-16-18(21(26)30)20(15-8-3-4-9-17(15)29(31)32)27-19(16)13-6-5-7-14(12-13)33-22(23,24)25/h3-9,12,27H,10-11H2,1-2H3,(H2,26,30). The van der Waals surface area contributed by atoms with E-state index in [1.54, 1.807) is 12.1 Å². The Balaban J connectivity index is 2.27. The minimum Gasteiger partial charge on any atom is -0.406 e. The van der Waals surface area contributed by atoms with Crippen molar-refractivity contribution in [1.29, 1.82) is 0 Å². The van der Waals surface area contributed by atoms with Gasteiger partial charge >= 0.3 is 6.36 Å². The Bertz CT molecular complexity index is 1190. The van der Waals surface area contributed by atoms with Crippen LogP contribution in [0.2, 0.25) is 0 Å². The molecule has 2 aromatic carbocycles. The zero-order valence-electron chi connectivity index (χ0n) is 17.8. The van der Waals surface area contributed by atoms with Crippen molar-refractivity contribution in [3.8, 4) is 28.3 Å². The van der Waals surface area contributed by atoms with Crippen LogP contribution >= 0.6 is 0 Å². The van der Waals surface area contributed by atoms with E-state index in [2.05, 4.69) is 9.72 Å². The average molecular weight is 462 g/mol. The van der Waals surface area contributed by atoms with Crippen LogP contribution in [0.3, 0.4) is 0 Å². The van der Waals surface area contributed by atoms with Crippen LogP contribution in [0.4, 0.5) is 18.9 Å². The number of primary amides is 1. The Morgan fingerprint density at radius 1 is 1.15 bits per heavy atom. The van der Waals surface area contributed by atoms with Crippen LogP contribution in [0, 0.1) is 10.1 Å². The minimum absolute atomic E-state index is 0.0447. The Hall–Kier alpha value is -3.86. The summed E-state index contributed by atoms with van der Waals surface area (Å²) in [6, 6.07) is 11.1. The molecule has 0 saturated heterocycles. The molecule has 0 aliphatic rings. The van der Waals surface area contributed by atoms with Crippen molar-refractivity contribution in [1.82, 2.24) is 9.88 Å². The fraction of sp³-hybridized carbons (Fsp3) is 0.227. The minimum atomic E-state index is -4.88. The van der Waals surface area contributed by atoms with Gasteiger partial charge in [0, 0.05) is 18.2 Å². The number of alkyl halides is 3. The molecule has 3 N–H and O–H groups in total. The molecule has 0 bridgehead atoms. The predicted octanol–water partition coefficient (Wildman–Crippen LogP) is 4.36. The molecule has 11 heteroatoms. The summed E-state index contributed by atoms with van der Waals surface area (Å²) >= 11 is 0. The number of hydrogen-bond acceptors (Lipinski definition) is 5. The summed E-state index contributed by atoms with van der Waals surface area (Å²) < 4.78 is 42.2. The number of carbonyl (C=O) groups is 1. The van der Waals surface area contributed by atoms with Gasteiger partial charge in [-0.3, -0.25) is 14.9 Å². The maximum absolute atomic E-state index is 12.7. The van der Waals surface area contributed by atoms with Gasteiger partial charge in [-0.15, -0.1) is 13.2 Å². The first kappa shape index (κ1) is 23.8. The number of hydrogen-bond donors (Lipinski definition) is 2. The summed E-state index contributed by atoms with van der Waals surface area (Å²) in [6.07, 6.45) is -4.57. The van der Waals surface area contributed by atoms with Crippen LogP contribution in [0.1, 0.15) is 15.9 Å². The van der Waals surface area contributed by atoms with Crippen LogP contribution in [0.25, 0.3) is 22.5 Å². The van der Waals surface area contributed by atoms with E-state index >= 15 is 0 Å². The van der Waals surface area contributed by atoms with Gasteiger partial charge in [0.1, 0.15) is 5.75 Å². The summed E-state index contributed by atoms with van der Waals surface area (Å²) in [5.74, 6) is -1.26. The first-order valence-electron chi connectivity index (χ1n) is 9.77. The van der Waals surface area contributed by atoms with Crippen molar-refractivity contribution in [2.45, 2.75) is 12.8 Å². The first-order chi connectivity index (χ1) is 15.5. The molecular formula is C22H21F3N4O4. The van der Waals surface area contributed by atoms with Crippen molar-refractivity contribution >= 4 is 11.6 Å². The SMILES string of the molecule is CN(C)CCc1c(-c2cccc(OC(F)(F)F)c2)[nH]c(-c2ccccc2[N+](=O)[O-])c1C(N)=O. The second-order valence-corrected chi connectivity index (χ2v) is 7.50. The number of aromatic nitrogens is 1. The zero-order chi connectivity index (χ0) is 24.3. The van der Waals surface area contributed by atoms with Crippen LogP contribution in [-0.2, 0) is 6.42 Å². The van der Waals surface area contributed by atoms with Crippen LogP contribution in [-0.4, -0.2) is 47.7 Å². The van der Waals surface area contributed by atoms with Crippen LogP contribution < -0.4 is 10.5 Å². The Morgan fingerprint density at radius 2 is 1.85 bits per heavy atom. The van der Waals surface area contributed by atoms with Crippen molar-refractivity contribution in [2.75, 3.05) is 20.6 Å². The highest BCUT2D eigenvalue weighted by Crippen LogP contribution is 2.39. The molecule has 0 fully saturated rings. The molecule has 0 aliphatic carbocycles. The maximum Gasteiger partial charge on any atom is 0.573 e. The van der Waals surface area contributed by atoms with Gasteiger partial charge in [0.05, 0.1) is 27.4 Å². The van der Waals surface area contributed by atoms with E-state index in [1.165, 1.54) is 30.3 Å². The number of rotatable bonds is 8. The summed E-state index contributed by atoms with van der Waals surface area (Å²) in [6.45, 7) is 0.486. The highest BCUT2D eigenvalue weighted by Gasteiger charge is 2.32. The number of nitrogens with two attached hydrogens (primary N) is 1. The molecule has 3 rings (SSSR count). The van der Waals surface area contributed by atoms with Crippen molar-refractivity contribution in [3.63, 3.8) is 0 Å². The molecule has 0 aliphatic heterocycles. The molecule has 1 aromatic heterocycles. The summed E-state index contributed by atoms with van der Waals surface area (Å²) in [4.78, 5) is 28.3. The highest BCUT2D eigenvalue weighted by atomic mass is 19.4. The first-order valence-corrected chi connectivity index (χ1v) is 9.77. The van der Waals surface area contributed by atoms with Crippen LogP contribution in [0.5, 0.6) is 5.75 Å². The van der Waals surface area contributed by atoms with Gasteiger partial charge in [0.15, 0.2) is 0 Å². The molecular weight excluding hydrogens is 441 g/mol. The van der Waals surface area contributed by atoms with Gasteiger partial charge < -0.3 is 20.4 Å². The number of ether oxygens (including phenoxy) is 1. The van der Waals surface area contributed by atoms with E-state index in [0.29, 0.717) is 29.8 Å². The lowest BCUT2D eigenvalue weighted by atomic mass is 9.98. The summed E-state index contributed by atoms with van der Waals surface area (Å²) in [5, 5.41) is 11.6. The number of H-pyrrole nitrogens is 1. The Kier molecular flexibility index (Phi) is 6.73. The Morgan fingerprint density at radius 3 is 2.45 bits per heavy atom. The van der Waals surface area contributed by atoms with Crippen LogP contribution in [0.15, 0.2) is 48.5 Å². The summed E-state index contributed by atoms with van der Waals surface area (Å²) in [5.41, 5.74) is 6.80. The van der Waals surface area contributed by atoms with Gasteiger partial charge in [0.25, 0.3) is 11.6 Å². The van der Waals surface area contributed by atoms with Gasteiger partial charge in [-0.25, -0.2) is 0 Å². The van der Waals surface area contributed by atoms with E-state index in [1.807, 2.05) is 19.0 Å². The van der Waals surface area contributed by atoms with Crippen molar-refractivity contribution < 1.29 is 27.6 Å². The quantitative estimate of drug-likeness (QED) is 0.381. The molecule has 0 atom stereocenters. The molecule has 8 nitrogen and oxygen atoms in total. The third-order valence-electron chi connectivity index (χ3n) is 4.89. The van der Waals surface area contributed by atoms with E-state index in [4.69, 9.17) is 5.73 Å². The molecule has 0 saturated carbocycles. The number of halogens is 3. The molecule has 3 aromatic rings. The number of nitro groups is 1. The average Bonchev–Trinajstić information content (AvgIpc) is 3.11. The number of benzene rings is 2. The number of aromatic amines is 1. The van der Waals surface area contributed by atoms with E-state index in [-0.39, 0.29) is 22.5 Å². The second-order valence-electron chi connectivity index (χ2n) is 7.50. The van der Waals surface area contributed by atoms with Crippen molar-refractivity contribution in [3.05, 3.63) is 69.8 Å². The lowest BCUT2D eigenvalue weighted by Crippen LogP contribution is -2.19. The predicted molar refractivity (Wildman–Crippen MR) is 116 cm³/mol. The van der Waals surface area contributed by atoms with Gasteiger partial charge in [-0.05, 0) is 44.3 Å².